The topological polar surface area (TPSA) is 34.1 Å². The van der Waals surface area contributed by atoms with E-state index >= 15 is 0 Å². The van der Waals surface area contributed by atoms with Crippen LogP contribution in [0.15, 0.2) is 23.1 Å². The smallest absolute Gasteiger partial charge is 0.212 e. The third-order valence-electron chi connectivity index (χ3n) is 1.13. The Morgan fingerprint density at radius 1 is 1.50 bits per heavy atom. The molecule has 0 aromatic rings. The fourth-order valence-electron chi connectivity index (χ4n) is 0.674. The number of hydrogen-bond donors (Lipinski definition) is 0. The van der Waals surface area contributed by atoms with Crippen LogP contribution in [-0.2, 0) is 8.27 Å². The molecule has 1 radical (unpaired) electrons. The number of halogens is 1. The Hall–Kier alpha value is -0.0900. The average molecular weight is 222 g/mol. The largest absolute Gasteiger partial charge is 0.237 e. The highest BCUT2D eigenvalue weighted by Crippen LogP contribution is 2.19. The van der Waals surface area contributed by atoms with E-state index in [9.17, 15) is 8.42 Å². The van der Waals surface area contributed by atoms with Crippen molar-refractivity contribution in [2.24, 2.45) is 0 Å². The first-order valence-electron chi connectivity index (χ1n) is 2.75. The molecule has 0 aromatic heterocycles. The van der Waals surface area contributed by atoms with Crippen LogP contribution in [0.4, 0.5) is 0 Å². The first-order chi connectivity index (χ1) is 4.61. The molecule has 10 heavy (non-hydrogen) atoms. The highest BCUT2D eigenvalue weighted by Gasteiger charge is 2.10. The summed E-state index contributed by atoms with van der Waals surface area (Å²) in [6.07, 6.45) is 7.53. The number of allylic oxidation sites excluding steroid dienone is 3. The normalized spacial score (nSPS) is 18.7. The van der Waals surface area contributed by atoms with E-state index in [-0.39, 0.29) is 0 Å². The summed E-state index contributed by atoms with van der Waals surface area (Å²) >= 11 is 2.58. The van der Waals surface area contributed by atoms with Crippen molar-refractivity contribution in [1.29, 1.82) is 0 Å². The van der Waals surface area contributed by atoms with Gasteiger partial charge in [-0.3, -0.25) is 0 Å². The zero-order chi connectivity index (χ0) is 7.61. The van der Waals surface area contributed by atoms with Crippen molar-refractivity contribution < 1.29 is 8.42 Å². The Kier molecular flexibility index (Phi) is 2.31. The highest BCUT2D eigenvalue weighted by atomic mass is 79.9. The molecule has 0 unspecified atom stereocenters. The maximum atomic E-state index is 10.8. The zero-order valence-corrected chi connectivity index (χ0v) is 7.52. The Balaban J connectivity index is 2.94. The lowest BCUT2D eigenvalue weighted by molar-refractivity contribution is 0.617. The second kappa shape index (κ2) is 2.88. The monoisotopic (exact) mass is 221 g/mol. The Bertz CT molecular complexity index is 274. The summed E-state index contributed by atoms with van der Waals surface area (Å²) in [6, 6.07) is 0. The van der Waals surface area contributed by atoms with Crippen molar-refractivity contribution in [1.82, 2.24) is 0 Å². The molecule has 2 nitrogen and oxygen atoms in total. The minimum atomic E-state index is -3.16. The fraction of sp³-hybridized carbons (Fsp3) is 0.167. The van der Waals surface area contributed by atoms with Crippen LogP contribution in [0.2, 0.25) is 0 Å². The van der Waals surface area contributed by atoms with E-state index in [0.717, 1.165) is 0 Å². The van der Waals surface area contributed by atoms with Crippen LogP contribution in [0, 0.1) is 6.42 Å². The summed E-state index contributed by atoms with van der Waals surface area (Å²) in [5.74, 6) is 0. The quantitative estimate of drug-likeness (QED) is 0.633. The molecule has 1 rings (SSSR count). The van der Waals surface area contributed by atoms with E-state index in [1.54, 1.807) is 18.2 Å². The van der Waals surface area contributed by atoms with Crippen LogP contribution in [0.3, 0.4) is 0 Å². The van der Waals surface area contributed by atoms with Gasteiger partial charge in [-0.1, -0.05) is 12.2 Å². The Morgan fingerprint density at radius 2 is 2.20 bits per heavy atom. The fourth-order valence-corrected chi connectivity index (χ4v) is 1.93. The first-order valence-corrected chi connectivity index (χ1v) is 6.08. The van der Waals surface area contributed by atoms with E-state index in [2.05, 4.69) is 14.8 Å². The minimum absolute atomic E-state index is 0.343. The molecule has 0 saturated heterocycles. The van der Waals surface area contributed by atoms with E-state index < -0.39 is 8.27 Å². The predicted molar refractivity (Wildman–Crippen MR) is 44.0 cm³/mol. The van der Waals surface area contributed by atoms with Gasteiger partial charge in [0.05, 0.1) is 19.7 Å². The molecule has 0 aromatic carbocycles. The van der Waals surface area contributed by atoms with E-state index in [1.165, 1.54) is 0 Å². The van der Waals surface area contributed by atoms with Gasteiger partial charge in [-0.15, -0.1) is 0 Å². The van der Waals surface area contributed by atoms with E-state index in [0.29, 0.717) is 11.3 Å². The predicted octanol–water partition coefficient (Wildman–Crippen LogP) is 1.76. The van der Waals surface area contributed by atoms with Gasteiger partial charge in [0.1, 0.15) is 0 Å². The first kappa shape index (κ1) is 8.01. The van der Waals surface area contributed by atoms with Gasteiger partial charge in [0.25, 0.3) is 0 Å². The zero-order valence-electron chi connectivity index (χ0n) is 5.12. The molecule has 4 heteroatoms. The summed E-state index contributed by atoms with van der Waals surface area (Å²) in [5.41, 5.74) is 0. The highest BCUT2D eigenvalue weighted by molar-refractivity contribution is 9.48. The summed E-state index contributed by atoms with van der Waals surface area (Å²) < 4.78 is 21.5. The van der Waals surface area contributed by atoms with Gasteiger partial charge in [0.15, 0.2) is 0 Å². The van der Waals surface area contributed by atoms with E-state index in [4.69, 9.17) is 0 Å². The van der Waals surface area contributed by atoms with Crippen molar-refractivity contribution >= 4 is 23.1 Å². The molecule has 0 fully saturated rings. The van der Waals surface area contributed by atoms with Crippen LogP contribution < -0.4 is 0 Å². The van der Waals surface area contributed by atoms with Crippen molar-refractivity contribution in [2.45, 2.75) is 6.42 Å². The van der Waals surface area contributed by atoms with Crippen molar-refractivity contribution in [3.05, 3.63) is 29.6 Å². The minimum Gasteiger partial charge on any atom is -0.212 e. The molecule has 0 spiro atoms. The molecule has 0 amide bonds. The van der Waals surface area contributed by atoms with Gasteiger partial charge >= 0.3 is 0 Å². The number of rotatable bonds is 1. The van der Waals surface area contributed by atoms with Gasteiger partial charge < -0.3 is 0 Å². The van der Waals surface area contributed by atoms with Gasteiger partial charge in [-0.2, -0.15) is 0 Å². The maximum absolute atomic E-state index is 10.8. The third-order valence-corrected chi connectivity index (χ3v) is 3.12. The molecular formula is C6H6BrO2S. The van der Waals surface area contributed by atoms with E-state index in [1.807, 2.05) is 6.42 Å². The lowest BCUT2D eigenvalue weighted by atomic mass is 10.2. The molecule has 0 saturated carbocycles. The molecule has 0 heterocycles. The lowest BCUT2D eigenvalue weighted by Crippen LogP contribution is -1.93. The Morgan fingerprint density at radius 3 is 2.50 bits per heavy atom. The number of hydrogen-bond acceptors (Lipinski definition) is 2. The molecule has 0 atom stereocenters. The lowest BCUT2D eigenvalue weighted by Gasteiger charge is -2.00. The molecule has 1 aliphatic carbocycles. The second-order valence-electron chi connectivity index (χ2n) is 1.87. The van der Waals surface area contributed by atoms with Gasteiger partial charge in [0.2, 0.25) is 8.27 Å². The standard InChI is InChI=1S/C6H6BrO2S/c7-10(8,9)6-4-2-1-3-5-6/h1-2,4-5H,3H2. The molecule has 0 N–H and O–H groups in total. The summed E-state index contributed by atoms with van der Waals surface area (Å²) in [4.78, 5) is 0.343. The molecule has 1 aliphatic rings. The van der Waals surface area contributed by atoms with Gasteiger partial charge in [-0.25, -0.2) is 8.42 Å². The van der Waals surface area contributed by atoms with Crippen molar-refractivity contribution in [3.8, 4) is 0 Å². The molecule has 0 bridgehead atoms. The van der Waals surface area contributed by atoms with Crippen molar-refractivity contribution in [3.63, 3.8) is 0 Å². The SMILES string of the molecule is O=S(=O)(Br)C1=CC[CH]C=C1. The second-order valence-corrected chi connectivity index (χ2v) is 5.78. The van der Waals surface area contributed by atoms with Crippen LogP contribution in [0.25, 0.3) is 0 Å². The maximum Gasteiger partial charge on any atom is 0.237 e. The molecule has 0 aliphatic heterocycles. The van der Waals surface area contributed by atoms with Crippen LogP contribution in [0.5, 0.6) is 0 Å². The molecular weight excluding hydrogens is 216 g/mol. The third kappa shape index (κ3) is 1.95. The molecule has 55 valence electrons. The van der Waals surface area contributed by atoms with Crippen LogP contribution >= 0.6 is 14.8 Å². The van der Waals surface area contributed by atoms with Crippen LogP contribution in [0.1, 0.15) is 6.42 Å². The van der Waals surface area contributed by atoms with Gasteiger partial charge in [0, 0.05) is 0 Å². The summed E-state index contributed by atoms with van der Waals surface area (Å²) in [6.45, 7) is 0. The summed E-state index contributed by atoms with van der Waals surface area (Å²) in [7, 11) is -3.16. The Labute approximate surface area is 67.7 Å². The van der Waals surface area contributed by atoms with Gasteiger partial charge in [-0.05, 0) is 18.9 Å². The summed E-state index contributed by atoms with van der Waals surface area (Å²) in [5, 5.41) is 0. The van der Waals surface area contributed by atoms with Crippen molar-refractivity contribution in [2.75, 3.05) is 0 Å². The van der Waals surface area contributed by atoms with Crippen LogP contribution in [-0.4, -0.2) is 8.42 Å². The average Bonchev–Trinajstić information content (AvgIpc) is 1.88.